The molecule has 102 valence electrons. The lowest BCUT2D eigenvalue weighted by atomic mass is 10.0. The molecule has 3 heteroatoms. The van der Waals surface area contributed by atoms with Crippen LogP contribution in [0.2, 0.25) is 0 Å². The van der Waals surface area contributed by atoms with Crippen molar-refractivity contribution in [3.05, 3.63) is 36.1 Å². The first kappa shape index (κ1) is 12.7. The van der Waals surface area contributed by atoms with E-state index in [0.717, 1.165) is 42.7 Å². The number of rotatable bonds is 4. The Hall–Kier alpha value is -1.32. The molecule has 0 amide bonds. The summed E-state index contributed by atoms with van der Waals surface area (Å²) >= 11 is 0. The van der Waals surface area contributed by atoms with E-state index in [9.17, 15) is 0 Å². The van der Waals surface area contributed by atoms with Crippen LogP contribution in [0, 0.1) is 0 Å². The third-order valence-electron chi connectivity index (χ3n) is 3.73. The van der Waals surface area contributed by atoms with Crippen molar-refractivity contribution >= 4 is 11.0 Å². The predicted octanol–water partition coefficient (Wildman–Crippen LogP) is 3.65. The number of para-hydroxylation sites is 1. The average molecular weight is 259 g/mol. The molecule has 1 fully saturated rings. The van der Waals surface area contributed by atoms with Gasteiger partial charge in [0, 0.05) is 18.0 Å². The summed E-state index contributed by atoms with van der Waals surface area (Å²) in [6.07, 6.45) is 3.36. The highest BCUT2D eigenvalue weighted by Crippen LogP contribution is 2.32. The molecule has 0 spiro atoms. The van der Waals surface area contributed by atoms with Crippen LogP contribution < -0.4 is 5.32 Å². The molecule has 1 aliphatic rings. The molecule has 2 atom stereocenters. The van der Waals surface area contributed by atoms with Gasteiger partial charge in [0.25, 0.3) is 0 Å². The molecule has 1 aromatic carbocycles. The molecule has 0 aliphatic carbocycles. The molecule has 1 aliphatic heterocycles. The van der Waals surface area contributed by atoms with Gasteiger partial charge in [-0.1, -0.05) is 25.1 Å². The lowest BCUT2D eigenvalue weighted by Crippen LogP contribution is -2.36. The van der Waals surface area contributed by atoms with Crippen LogP contribution >= 0.6 is 0 Å². The summed E-state index contributed by atoms with van der Waals surface area (Å²) in [6, 6.07) is 10.8. The topological polar surface area (TPSA) is 34.4 Å². The van der Waals surface area contributed by atoms with Gasteiger partial charge in [-0.05, 0) is 37.9 Å². The summed E-state index contributed by atoms with van der Waals surface area (Å²) in [4.78, 5) is 0. The van der Waals surface area contributed by atoms with Gasteiger partial charge in [-0.2, -0.15) is 0 Å². The molecular weight excluding hydrogens is 238 g/mol. The summed E-state index contributed by atoms with van der Waals surface area (Å²) < 4.78 is 11.8. The SMILES string of the molecule is CCCNC1CCOC(c2cc3ccccc3o2)C1. The fourth-order valence-electron chi connectivity index (χ4n) is 2.69. The van der Waals surface area contributed by atoms with Gasteiger partial charge in [0.05, 0.1) is 0 Å². The summed E-state index contributed by atoms with van der Waals surface area (Å²) in [7, 11) is 0. The van der Waals surface area contributed by atoms with Gasteiger partial charge >= 0.3 is 0 Å². The highest BCUT2D eigenvalue weighted by atomic mass is 16.5. The zero-order valence-electron chi connectivity index (χ0n) is 11.4. The highest BCUT2D eigenvalue weighted by molar-refractivity contribution is 5.77. The van der Waals surface area contributed by atoms with Gasteiger partial charge in [-0.15, -0.1) is 0 Å². The minimum absolute atomic E-state index is 0.0931. The quantitative estimate of drug-likeness (QED) is 0.910. The fraction of sp³-hybridized carbons (Fsp3) is 0.500. The Morgan fingerprint density at radius 2 is 2.21 bits per heavy atom. The van der Waals surface area contributed by atoms with Gasteiger partial charge in [0.15, 0.2) is 0 Å². The second-order valence-corrected chi connectivity index (χ2v) is 5.22. The highest BCUT2D eigenvalue weighted by Gasteiger charge is 2.25. The maximum Gasteiger partial charge on any atom is 0.134 e. The van der Waals surface area contributed by atoms with Gasteiger partial charge in [-0.3, -0.25) is 0 Å². The van der Waals surface area contributed by atoms with Crippen LogP contribution in [-0.2, 0) is 4.74 Å². The van der Waals surface area contributed by atoms with Crippen molar-refractivity contribution in [3.63, 3.8) is 0 Å². The lowest BCUT2D eigenvalue weighted by Gasteiger charge is -2.29. The van der Waals surface area contributed by atoms with Crippen LogP contribution in [-0.4, -0.2) is 19.2 Å². The third kappa shape index (κ3) is 2.82. The van der Waals surface area contributed by atoms with E-state index < -0.39 is 0 Å². The first-order chi connectivity index (χ1) is 9.36. The number of ether oxygens (including phenoxy) is 1. The van der Waals surface area contributed by atoms with Crippen molar-refractivity contribution in [1.29, 1.82) is 0 Å². The van der Waals surface area contributed by atoms with Gasteiger partial charge in [-0.25, -0.2) is 0 Å². The average Bonchev–Trinajstić information content (AvgIpc) is 2.89. The molecule has 1 aromatic heterocycles. The van der Waals surface area contributed by atoms with Crippen LogP contribution in [0.3, 0.4) is 0 Å². The standard InChI is InChI=1S/C16H21NO2/c1-2-8-17-13-7-9-18-15(11-13)16-10-12-5-3-4-6-14(12)19-16/h3-6,10,13,15,17H,2,7-9,11H2,1H3. The molecule has 3 rings (SSSR count). The van der Waals surface area contributed by atoms with E-state index in [1.165, 1.54) is 6.42 Å². The summed E-state index contributed by atoms with van der Waals surface area (Å²) in [5, 5.41) is 4.74. The Bertz CT molecular complexity index is 501. The molecule has 0 bridgehead atoms. The van der Waals surface area contributed by atoms with Crippen LogP contribution in [0.1, 0.15) is 38.1 Å². The Balaban J connectivity index is 1.73. The zero-order chi connectivity index (χ0) is 13.1. The molecule has 2 heterocycles. The second kappa shape index (κ2) is 5.76. The summed E-state index contributed by atoms with van der Waals surface area (Å²) in [6.45, 7) is 4.09. The second-order valence-electron chi connectivity index (χ2n) is 5.22. The molecule has 2 unspecified atom stereocenters. The van der Waals surface area contributed by atoms with Crippen LogP contribution in [0.15, 0.2) is 34.7 Å². The van der Waals surface area contributed by atoms with Gasteiger partial charge in [0.1, 0.15) is 17.4 Å². The van der Waals surface area contributed by atoms with E-state index in [2.05, 4.69) is 24.4 Å². The van der Waals surface area contributed by atoms with Crippen molar-refractivity contribution in [2.45, 2.75) is 38.3 Å². The number of fused-ring (bicyclic) bond motifs is 1. The normalized spacial score (nSPS) is 23.8. The molecule has 0 saturated carbocycles. The van der Waals surface area contributed by atoms with Crippen molar-refractivity contribution in [2.75, 3.05) is 13.2 Å². The molecule has 19 heavy (non-hydrogen) atoms. The smallest absolute Gasteiger partial charge is 0.134 e. The minimum Gasteiger partial charge on any atom is -0.458 e. The molecule has 1 saturated heterocycles. The van der Waals surface area contributed by atoms with E-state index in [-0.39, 0.29) is 6.10 Å². The number of nitrogens with one attached hydrogen (secondary N) is 1. The molecule has 1 N–H and O–H groups in total. The third-order valence-corrected chi connectivity index (χ3v) is 3.73. The van der Waals surface area contributed by atoms with E-state index in [0.29, 0.717) is 6.04 Å². The van der Waals surface area contributed by atoms with Crippen molar-refractivity contribution in [2.24, 2.45) is 0 Å². The maximum atomic E-state index is 5.91. The first-order valence-corrected chi connectivity index (χ1v) is 7.20. The van der Waals surface area contributed by atoms with E-state index in [1.54, 1.807) is 0 Å². The van der Waals surface area contributed by atoms with Crippen molar-refractivity contribution in [1.82, 2.24) is 5.32 Å². The Labute approximate surface area is 113 Å². The van der Waals surface area contributed by atoms with E-state index >= 15 is 0 Å². The van der Waals surface area contributed by atoms with Gasteiger partial charge in [0.2, 0.25) is 0 Å². The largest absolute Gasteiger partial charge is 0.458 e. The molecule has 3 nitrogen and oxygen atoms in total. The molecule has 2 aromatic rings. The van der Waals surface area contributed by atoms with E-state index in [1.807, 2.05) is 18.2 Å². The fourth-order valence-corrected chi connectivity index (χ4v) is 2.69. The Morgan fingerprint density at radius 1 is 1.32 bits per heavy atom. The zero-order valence-corrected chi connectivity index (χ0v) is 11.4. The van der Waals surface area contributed by atoms with Crippen LogP contribution in [0.25, 0.3) is 11.0 Å². The van der Waals surface area contributed by atoms with Crippen molar-refractivity contribution < 1.29 is 9.15 Å². The number of benzene rings is 1. The predicted molar refractivity (Wildman–Crippen MR) is 76.2 cm³/mol. The van der Waals surface area contributed by atoms with Crippen LogP contribution in [0.4, 0.5) is 0 Å². The van der Waals surface area contributed by atoms with E-state index in [4.69, 9.17) is 9.15 Å². The number of hydrogen-bond donors (Lipinski definition) is 1. The van der Waals surface area contributed by atoms with Crippen molar-refractivity contribution in [3.8, 4) is 0 Å². The van der Waals surface area contributed by atoms with Gasteiger partial charge < -0.3 is 14.5 Å². The van der Waals surface area contributed by atoms with Crippen LogP contribution in [0.5, 0.6) is 0 Å². The molecule has 0 radical (unpaired) electrons. The summed E-state index contributed by atoms with van der Waals surface area (Å²) in [5.41, 5.74) is 0.949. The first-order valence-electron chi connectivity index (χ1n) is 7.20. The Morgan fingerprint density at radius 3 is 3.05 bits per heavy atom. The lowest BCUT2D eigenvalue weighted by molar-refractivity contribution is -0.0109. The molecular formula is C16H21NO2. The minimum atomic E-state index is 0.0931. The number of hydrogen-bond acceptors (Lipinski definition) is 3. The number of furan rings is 1. The summed E-state index contributed by atoms with van der Waals surface area (Å²) in [5.74, 6) is 0.962. The Kier molecular flexibility index (Phi) is 3.85. The monoisotopic (exact) mass is 259 g/mol. The maximum absolute atomic E-state index is 5.91.